The van der Waals surface area contributed by atoms with Crippen LogP contribution in [0.25, 0.3) is 0 Å². The van der Waals surface area contributed by atoms with Crippen LogP contribution in [-0.4, -0.2) is 16.5 Å². The van der Waals surface area contributed by atoms with Gasteiger partial charge in [0.1, 0.15) is 0 Å². The Hall–Kier alpha value is -2.27. The molecule has 2 rings (SSSR count). The molecular weight excluding hydrogens is 254 g/mol. The molecular formula is C15H17N3O2. The first kappa shape index (κ1) is 14.1. The molecule has 2 aromatic rings. The van der Waals surface area contributed by atoms with Gasteiger partial charge in [0.05, 0.1) is 4.92 Å². The minimum Gasteiger partial charge on any atom is -0.310 e. The molecule has 5 nitrogen and oxygen atoms in total. The van der Waals surface area contributed by atoms with Crippen LogP contribution in [0.3, 0.4) is 0 Å². The van der Waals surface area contributed by atoms with E-state index in [1.807, 2.05) is 18.3 Å². The number of rotatable bonds is 6. The summed E-state index contributed by atoms with van der Waals surface area (Å²) < 4.78 is 0. The lowest BCUT2D eigenvalue weighted by Gasteiger charge is -2.13. The van der Waals surface area contributed by atoms with Crippen LogP contribution < -0.4 is 5.32 Å². The average molecular weight is 271 g/mol. The summed E-state index contributed by atoms with van der Waals surface area (Å²) in [7, 11) is 0. The van der Waals surface area contributed by atoms with Gasteiger partial charge in [0.25, 0.3) is 5.69 Å². The summed E-state index contributed by atoms with van der Waals surface area (Å²) in [5.41, 5.74) is 2.36. The molecule has 0 aliphatic carbocycles. The van der Waals surface area contributed by atoms with E-state index < -0.39 is 0 Å². The van der Waals surface area contributed by atoms with Crippen LogP contribution in [0.5, 0.6) is 0 Å². The third-order valence-corrected chi connectivity index (χ3v) is 3.20. The Morgan fingerprint density at radius 2 is 2.05 bits per heavy atom. The van der Waals surface area contributed by atoms with Gasteiger partial charge in [-0.05, 0) is 37.1 Å². The van der Waals surface area contributed by atoms with Gasteiger partial charge in [0, 0.05) is 30.6 Å². The van der Waals surface area contributed by atoms with Gasteiger partial charge in [-0.2, -0.15) is 0 Å². The topological polar surface area (TPSA) is 68.1 Å². The van der Waals surface area contributed by atoms with Crippen molar-refractivity contribution in [3.63, 3.8) is 0 Å². The zero-order valence-electron chi connectivity index (χ0n) is 11.3. The summed E-state index contributed by atoms with van der Waals surface area (Å²) in [6.45, 7) is 2.90. The zero-order chi connectivity index (χ0) is 14.4. The number of nitro benzene ring substituents is 1. The van der Waals surface area contributed by atoms with Gasteiger partial charge < -0.3 is 5.32 Å². The summed E-state index contributed by atoms with van der Waals surface area (Å²) in [5.74, 6) is 0. The van der Waals surface area contributed by atoms with Crippen molar-refractivity contribution in [2.75, 3.05) is 6.54 Å². The molecule has 0 bridgehead atoms. The van der Waals surface area contributed by atoms with Crippen molar-refractivity contribution in [1.29, 1.82) is 0 Å². The van der Waals surface area contributed by atoms with Crippen molar-refractivity contribution < 1.29 is 4.92 Å². The van der Waals surface area contributed by atoms with Crippen LogP contribution >= 0.6 is 0 Å². The van der Waals surface area contributed by atoms with E-state index in [1.165, 1.54) is 0 Å². The minimum absolute atomic E-state index is 0.130. The molecule has 1 atom stereocenters. The summed E-state index contributed by atoms with van der Waals surface area (Å²) >= 11 is 0. The number of nitrogens with zero attached hydrogens (tertiary/aromatic N) is 2. The predicted molar refractivity (Wildman–Crippen MR) is 77.5 cm³/mol. The second kappa shape index (κ2) is 6.77. The van der Waals surface area contributed by atoms with Crippen molar-refractivity contribution in [2.45, 2.75) is 19.4 Å². The quantitative estimate of drug-likeness (QED) is 0.648. The highest BCUT2D eigenvalue weighted by molar-refractivity contribution is 5.32. The summed E-state index contributed by atoms with van der Waals surface area (Å²) in [6.07, 6.45) is 4.44. The molecule has 0 saturated heterocycles. The van der Waals surface area contributed by atoms with E-state index in [0.29, 0.717) is 0 Å². The molecule has 0 amide bonds. The Bertz CT molecular complexity index is 555. The first-order valence-electron chi connectivity index (χ1n) is 6.53. The Kier molecular flexibility index (Phi) is 4.79. The molecule has 5 heteroatoms. The van der Waals surface area contributed by atoms with Crippen LogP contribution in [0, 0.1) is 10.1 Å². The highest BCUT2D eigenvalue weighted by Crippen LogP contribution is 2.13. The molecule has 0 aliphatic rings. The van der Waals surface area contributed by atoms with E-state index in [0.717, 1.165) is 24.1 Å². The lowest BCUT2D eigenvalue weighted by Crippen LogP contribution is -2.21. The Morgan fingerprint density at radius 1 is 1.30 bits per heavy atom. The van der Waals surface area contributed by atoms with Crippen molar-refractivity contribution in [1.82, 2.24) is 10.3 Å². The lowest BCUT2D eigenvalue weighted by molar-refractivity contribution is -0.384. The SMILES string of the molecule is C[C@@H](NCCc1ccc([N+](=O)[O-])cc1)c1cccnc1. The van der Waals surface area contributed by atoms with E-state index in [4.69, 9.17) is 0 Å². The van der Waals surface area contributed by atoms with E-state index in [1.54, 1.807) is 30.5 Å². The first-order chi connectivity index (χ1) is 9.66. The second-order valence-electron chi connectivity index (χ2n) is 4.64. The molecule has 1 heterocycles. The standard InChI is InChI=1S/C15H17N3O2/c1-12(14-3-2-9-16-11-14)17-10-8-13-4-6-15(7-5-13)18(19)20/h2-7,9,11-12,17H,8,10H2,1H3/t12-/m1/s1. The van der Waals surface area contributed by atoms with E-state index >= 15 is 0 Å². The number of nitro groups is 1. The number of aromatic nitrogens is 1. The third-order valence-electron chi connectivity index (χ3n) is 3.20. The van der Waals surface area contributed by atoms with Crippen molar-refractivity contribution >= 4 is 5.69 Å². The zero-order valence-corrected chi connectivity index (χ0v) is 11.3. The minimum atomic E-state index is -0.382. The van der Waals surface area contributed by atoms with Gasteiger partial charge in [-0.3, -0.25) is 15.1 Å². The Balaban J connectivity index is 1.82. The largest absolute Gasteiger partial charge is 0.310 e. The second-order valence-corrected chi connectivity index (χ2v) is 4.64. The fourth-order valence-corrected chi connectivity index (χ4v) is 1.97. The molecule has 0 unspecified atom stereocenters. The number of nitrogens with one attached hydrogen (secondary N) is 1. The predicted octanol–water partition coefficient (Wildman–Crippen LogP) is 2.88. The maximum Gasteiger partial charge on any atom is 0.269 e. The van der Waals surface area contributed by atoms with Crippen molar-refractivity contribution in [2.24, 2.45) is 0 Å². The molecule has 1 aromatic carbocycles. The number of benzene rings is 1. The number of pyridine rings is 1. The highest BCUT2D eigenvalue weighted by atomic mass is 16.6. The average Bonchev–Trinajstić information content (AvgIpc) is 2.48. The van der Waals surface area contributed by atoms with Gasteiger partial charge in [0.15, 0.2) is 0 Å². The molecule has 104 valence electrons. The molecule has 0 aliphatic heterocycles. The summed E-state index contributed by atoms with van der Waals surface area (Å²) in [5, 5.41) is 14.0. The first-order valence-corrected chi connectivity index (χ1v) is 6.53. The molecule has 1 N–H and O–H groups in total. The van der Waals surface area contributed by atoms with E-state index in [2.05, 4.69) is 17.2 Å². The highest BCUT2D eigenvalue weighted by Gasteiger charge is 2.06. The maximum atomic E-state index is 10.6. The van der Waals surface area contributed by atoms with Crippen molar-refractivity contribution in [3.05, 3.63) is 70.0 Å². The molecule has 0 radical (unpaired) electrons. The van der Waals surface area contributed by atoms with Crippen LogP contribution in [0.4, 0.5) is 5.69 Å². The van der Waals surface area contributed by atoms with Gasteiger partial charge in [-0.15, -0.1) is 0 Å². The fourth-order valence-electron chi connectivity index (χ4n) is 1.97. The van der Waals surface area contributed by atoms with Gasteiger partial charge >= 0.3 is 0 Å². The van der Waals surface area contributed by atoms with Gasteiger partial charge in [-0.25, -0.2) is 0 Å². The Morgan fingerprint density at radius 3 is 2.65 bits per heavy atom. The number of hydrogen-bond donors (Lipinski definition) is 1. The molecule has 0 fully saturated rings. The van der Waals surface area contributed by atoms with Crippen LogP contribution in [0.2, 0.25) is 0 Å². The summed E-state index contributed by atoms with van der Waals surface area (Å²) in [4.78, 5) is 14.3. The van der Waals surface area contributed by atoms with Crippen LogP contribution in [0.1, 0.15) is 24.1 Å². The van der Waals surface area contributed by atoms with Crippen LogP contribution in [-0.2, 0) is 6.42 Å². The molecule has 0 spiro atoms. The van der Waals surface area contributed by atoms with Gasteiger partial charge in [-0.1, -0.05) is 18.2 Å². The number of hydrogen-bond acceptors (Lipinski definition) is 4. The number of non-ortho nitro benzene ring substituents is 1. The van der Waals surface area contributed by atoms with E-state index in [-0.39, 0.29) is 16.7 Å². The van der Waals surface area contributed by atoms with Crippen molar-refractivity contribution in [3.8, 4) is 0 Å². The van der Waals surface area contributed by atoms with E-state index in [9.17, 15) is 10.1 Å². The normalized spacial score (nSPS) is 12.1. The lowest BCUT2D eigenvalue weighted by atomic mass is 10.1. The van der Waals surface area contributed by atoms with Gasteiger partial charge in [0.2, 0.25) is 0 Å². The maximum absolute atomic E-state index is 10.6. The van der Waals surface area contributed by atoms with Crippen LogP contribution in [0.15, 0.2) is 48.8 Å². The summed E-state index contributed by atoms with van der Waals surface area (Å²) in [6, 6.07) is 10.9. The smallest absolute Gasteiger partial charge is 0.269 e. The fraction of sp³-hybridized carbons (Fsp3) is 0.267. The monoisotopic (exact) mass is 271 g/mol. The molecule has 20 heavy (non-hydrogen) atoms. The Labute approximate surface area is 117 Å². The molecule has 0 saturated carbocycles. The molecule has 1 aromatic heterocycles. The third kappa shape index (κ3) is 3.86.